The summed E-state index contributed by atoms with van der Waals surface area (Å²) >= 11 is 5.78. The number of hydrogen-bond acceptors (Lipinski definition) is 2. The number of nitrogens with one attached hydrogen (secondary N) is 1. The molecule has 0 atom stereocenters. The molecule has 1 aromatic rings. The lowest BCUT2D eigenvalue weighted by molar-refractivity contribution is -0.116. The maximum atomic E-state index is 11.6. The van der Waals surface area contributed by atoms with Crippen molar-refractivity contribution < 1.29 is 14.7 Å². The van der Waals surface area contributed by atoms with Crippen molar-refractivity contribution >= 4 is 29.2 Å². The van der Waals surface area contributed by atoms with E-state index in [9.17, 15) is 9.59 Å². The normalized spacial score (nSPS) is 10.4. The lowest BCUT2D eigenvalue weighted by atomic mass is 10.1. The molecule has 0 aliphatic heterocycles. The van der Waals surface area contributed by atoms with E-state index < -0.39 is 5.97 Å². The van der Waals surface area contributed by atoms with Crippen molar-refractivity contribution in [3.8, 4) is 0 Å². The zero-order valence-corrected chi connectivity index (χ0v) is 10.4. The highest BCUT2D eigenvalue weighted by atomic mass is 35.5. The van der Waals surface area contributed by atoms with Gasteiger partial charge in [-0.05, 0) is 18.1 Å². The third-order valence-corrected chi connectivity index (χ3v) is 2.41. The molecule has 0 saturated heterocycles. The molecule has 92 valence electrons. The van der Waals surface area contributed by atoms with Gasteiger partial charge in [-0.2, -0.15) is 0 Å². The Hall–Kier alpha value is -1.55. The molecular weight excluding hydrogens is 242 g/mol. The molecule has 0 radical (unpaired) electrons. The average molecular weight is 256 g/mol. The first kappa shape index (κ1) is 13.5. The van der Waals surface area contributed by atoms with Crippen LogP contribution in [0.5, 0.6) is 0 Å². The van der Waals surface area contributed by atoms with Crippen molar-refractivity contribution in [2.75, 3.05) is 5.32 Å². The maximum absolute atomic E-state index is 11.6. The van der Waals surface area contributed by atoms with Crippen molar-refractivity contribution in [3.63, 3.8) is 0 Å². The molecule has 1 rings (SSSR count). The van der Waals surface area contributed by atoms with Gasteiger partial charge in [0.15, 0.2) is 0 Å². The molecule has 17 heavy (non-hydrogen) atoms. The van der Waals surface area contributed by atoms with Gasteiger partial charge in [-0.1, -0.05) is 31.5 Å². The monoisotopic (exact) mass is 255 g/mol. The summed E-state index contributed by atoms with van der Waals surface area (Å²) in [6.45, 7) is 3.82. The number of amides is 1. The van der Waals surface area contributed by atoms with Crippen LogP contribution in [0.15, 0.2) is 18.2 Å². The second kappa shape index (κ2) is 5.68. The Morgan fingerprint density at radius 2 is 2.06 bits per heavy atom. The van der Waals surface area contributed by atoms with E-state index in [1.165, 1.54) is 12.1 Å². The summed E-state index contributed by atoms with van der Waals surface area (Å²) in [5, 5.41) is 11.7. The van der Waals surface area contributed by atoms with Crippen molar-refractivity contribution in [1.29, 1.82) is 0 Å². The fourth-order valence-electron chi connectivity index (χ4n) is 1.42. The van der Waals surface area contributed by atoms with E-state index in [1.807, 2.05) is 13.8 Å². The minimum atomic E-state index is -1.16. The number of carboxylic acids is 1. The van der Waals surface area contributed by atoms with Gasteiger partial charge in [0.2, 0.25) is 5.91 Å². The highest BCUT2D eigenvalue weighted by molar-refractivity contribution is 6.34. The summed E-state index contributed by atoms with van der Waals surface area (Å²) in [5.74, 6) is -1.16. The van der Waals surface area contributed by atoms with Crippen molar-refractivity contribution in [3.05, 3.63) is 28.8 Å². The largest absolute Gasteiger partial charge is 0.478 e. The van der Waals surface area contributed by atoms with E-state index in [1.54, 1.807) is 6.07 Å². The zero-order valence-electron chi connectivity index (χ0n) is 9.66. The summed E-state index contributed by atoms with van der Waals surface area (Å²) in [6.07, 6.45) is 0.339. The van der Waals surface area contributed by atoms with Crippen LogP contribution in [0.3, 0.4) is 0 Å². The van der Waals surface area contributed by atoms with Crippen molar-refractivity contribution in [2.24, 2.45) is 5.92 Å². The van der Waals surface area contributed by atoms with Gasteiger partial charge < -0.3 is 10.4 Å². The third-order valence-electron chi connectivity index (χ3n) is 2.10. The van der Waals surface area contributed by atoms with Crippen LogP contribution in [-0.2, 0) is 4.79 Å². The topological polar surface area (TPSA) is 66.4 Å². The van der Waals surface area contributed by atoms with E-state index in [0.29, 0.717) is 6.42 Å². The van der Waals surface area contributed by atoms with E-state index in [-0.39, 0.29) is 28.1 Å². The number of anilines is 1. The summed E-state index contributed by atoms with van der Waals surface area (Å²) < 4.78 is 0. The second-order valence-corrected chi connectivity index (χ2v) is 4.52. The summed E-state index contributed by atoms with van der Waals surface area (Å²) in [7, 11) is 0. The number of halogens is 1. The number of aromatic carboxylic acids is 1. The smallest absolute Gasteiger partial charge is 0.339 e. The van der Waals surface area contributed by atoms with Gasteiger partial charge in [0.1, 0.15) is 5.56 Å². The molecule has 1 amide bonds. The van der Waals surface area contributed by atoms with E-state index in [4.69, 9.17) is 16.7 Å². The van der Waals surface area contributed by atoms with Crippen LogP contribution >= 0.6 is 11.6 Å². The minimum Gasteiger partial charge on any atom is -0.478 e. The van der Waals surface area contributed by atoms with Gasteiger partial charge in [0, 0.05) is 6.42 Å². The number of hydrogen-bond donors (Lipinski definition) is 2. The van der Waals surface area contributed by atoms with Crippen LogP contribution in [0.4, 0.5) is 5.69 Å². The molecular formula is C12H14ClNO3. The maximum Gasteiger partial charge on any atom is 0.339 e. The second-order valence-electron chi connectivity index (χ2n) is 4.11. The Kier molecular flexibility index (Phi) is 4.52. The number of carboxylic acid groups (broad SMARTS) is 1. The molecule has 0 fully saturated rings. The first-order chi connectivity index (χ1) is 7.91. The quantitative estimate of drug-likeness (QED) is 0.869. The predicted molar refractivity (Wildman–Crippen MR) is 66.5 cm³/mol. The van der Waals surface area contributed by atoms with Gasteiger partial charge in [-0.3, -0.25) is 4.79 Å². The van der Waals surface area contributed by atoms with Crippen LogP contribution in [0.25, 0.3) is 0 Å². The standard InChI is InChI=1S/C12H14ClNO3/c1-7(2)6-10(15)14-9-5-3-4-8(13)11(9)12(16)17/h3-5,7H,6H2,1-2H3,(H,14,15)(H,16,17). The van der Waals surface area contributed by atoms with Gasteiger partial charge in [-0.15, -0.1) is 0 Å². The van der Waals surface area contributed by atoms with Crippen LogP contribution in [0.1, 0.15) is 30.6 Å². The SMILES string of the molecule is CC(C)CC(=O)Nc1cccc(Cl)c1C(=O)O. The fourth-order valence-corrected chi connectivity index (χ4v) is 1.67. The molecule has 0 saturated carbocycles. The molecule has 4 nitrogen and oxygen atoms in total. The molecule has 0 aliphatic rings. The molecule has 2 N–H and O–H groups in total. The molecule has 0 aliphatic carbocycles. The molecule has 0 bridgehead atoms. The summed E-state index contributed by atoms with van der Waals surface area (Å²) in [4.78, 5) is 22.6. The van der Waals surface area contributed by atoms with Crippen molar-refractivity contribution in [1.82, 2.24) is 0 Å². The van der Waals surface area contributed by atoms with Crippen LogP contribution in [0.2, 0.25) is 5.02 Å². The number of benzene rings is 1. The Bertz CT molecular complexity index is 443. The van der Waals surface area contributed by atoms with Gasteiger partial charge in [-0.25, -0.2) is 4.79 Å². The summed E-state index contributed by atoms with van der Waals surface area (Å²) in [5.41, 5.74) is 0.155. The lowest BCUT2D eigenvalue weighted by Crippen LogP contribution is -2.16. The highest BCUT2D eigenvalue weighted by Crippen LogP contribution is 2.24. The van der Waals surface area contributed by atoms with E-state index in [0.717, 1.165) is 0 Å². The number of carbonyl (C=O) groups is 2. The first-order valence-corrected chi connectivity index (χ1v) is 5.61. The Labute approximate surface area is 105 Å². The highest BCUT2D eigenvalue weighted by Gasteiger charge is 2.16. The predicted octanol–water partition coefficient (Wildman–Crippen LogP) is 3.02. The number of rotatable bonds is 4. The van der Waals surface area contributed by atoms with E-state index in [2.05, 4.69) is 5.32 Å². The molecule has 0 spiro atoms. The average Bonchev–Trinajstić information content (AvgIpc) is 2.15. The van der Waals surface area contributed by atoms with Crippen LogP contribution in [0, 0.1) is 5.92 Å². The lowest BCUT2D eigenvalue weighted by Gasteiger charge is -2.10. The molecule has 1 aromatic carbocycles. The molecule has 0 unspecified atom stereocenters. The first-order valence-electron chi connectivity index (χ1n) is 5.23. The Balaban J connectivity index is 2.95. The fraction of sp³-hybridized carbons (Fsp3) is 0.333. The number of carbonyl (C=O) groups excluding carboxylic acids is 1. The third kappa shape index (κ3) is 3.75. The molecule has 5 heteroatoms. The minimum absolute atomic E-state index is 0.0775. The zero-order chi connectivity index (χ0) is 13.0. The van der Waals surface area contributed by atoms with Gasteiger partial charge in [0.25, 0.3) is 0 Å². The van der Waals surface area contributed by atoms with Crippen molar-refractivity contribution in [2.45, 2.75) is 20.3 Å². The molecule has 0 heterocycles. The van der Waals surface area contributed by atoms with Crippen LogP contribution in [-0.4, -0.2) is 17.0 Å². The summed E-state index contributed by atoms with van der Waals surface area (Å²) in [6, 6.07) is 4.59. The van der Waals surface area contributed by atoms with Gasteiger partial charge >= 0.3 is 5.97 Å². The van der Waals surface area contributed by atoms with Crippen LogP contribution < -0.4 is 5.32 Å². The van der Waals surface area contributed by atoms with E-state index >= 15 is 0 Å². The Morgan fingerprint density at radius 3 is 2.59 bits per heavy atom. The Morgan fingerprint density at radius 1 is 1.41 bits per heavy atom. The van der Waals surface area contributed by atoms with Gasteiger partial charge in [0.05, 0.1) is 10.7 Å². The molecule has 0 aromatic heterocycles.